The maximum Gasteiger partial charge on any atom is 0.217 e. The quantitative estimate of drug-likeness (QED) is 0.300. The molecule has 0 radical (unpaired) electrons. The van der Waals surface area contributed by atoms with Crippen LogP contribution in [0.15, 0.2) is 0 Å². The summed E-state index contributed by atoms with van der Waals surface area (Å²) < 4.78 is 0. The van der Waals surface area contributed by atoms with Crippen LogP contribution >= 0.6 is 0 Å². The van der Waals surface area contributed by atoms with Crippen LogP contribution in [0.2, 0.25) is 0 Å². The summed E-state index contributed by atoms with van der Waals surface area (Å²) in [5.74, 6) is -0.558. The van der Waals surface area contributed by atoms with E-state index in [1.54, 1.807) is 0 Å². The molecule has 7 heteroatoms. The Bertz CT molecular complexity index is 221. The maximum absolute atomic E-state index is 10.6. The molecule has 0 heterocycles. The van der Waals surface area contributed by atoms with Gasteiger partial charge in [0.05, 0.1) is 6.61 Å². The number of rotatable bonds is 6. The lowest BCUT2D eigenvalue weighted by atomic mass is 10.0. The Labute approximate surface area is 86.3 Å². The van der Waals surface area contributed by atoms with Crippen LogP contribution in [0.3, 0.4) is 0 Å². The molecule has 0 unspecified atom stereocenters. The van der Waals surface area contributed by atoms with Crippen LogP contribution in [0.4, 0.5) is 0 Å². The molecule has 0 aliphatic carbocycles. The summed E-state index contributed by atoms with van der Waals surface area (Å²) in [6.07, 6.45) is -4.72. The topological polar surface area (TPSA) is 127 Å². The molecule has 0 aliphatic rings. The van der Waals surface area contributed by atoms with Gasteiger partial charge < -0.3 is 30.5 Å². The minimum Gasteiger partial charge on any atom is -0.394 e. The zero-order valence-electron chi connectivity index (χ0n) is 8.20. The van der Waals surface area contributed by atoms with Crippen molar-refractivity contribution >= 4 is 12.2 Å². The minimum absolute atomic E-state index is 0.235. The first-order chi connectivity index (χ1) is 6.93. The van der Waals surface area contributed by atoms with Crippen LogP contribution in [0.25, 0.3) is 0 Å². The van der Waals surface area contributed by atoms with Crippen LogP contribution in [0.1, 0.15) is 6.92 Å². The highest BCUT2D eigenvalue weighted by Gasteiger charge is 2.31. The molecule has 15 heavy (non-hydrogen) atoms. The predicted octanol–water partition coefficient (Wildman–Crippen LogP) is -3.23. The van der Waals surface area contributed by atoms with Crippen molar-refractivity contribution in [3.05, 3.63) is 0 Å². The summed E-state index contributed by atoms with van der Waals surface area (Å²) in [5, 5.41) is 38.2. The van der Waals surface area contributed by atoms with Gasteiger partial charge >= 0.3 is 0 Å². The summed E-state index contributed by atoms with van der Waals surface area (Å²) in [6, 6.07) is -1.32. The van der Waals surface area contributed by atoms with Crippen LogP contribution in [-0.2, 0) is 9.59 Å². The van der Waals surface area contributed by atoms with E-state index in [1.807, 2.05) is 0 Å². The smallest absolute Gasteiger partial charge is 0.217 e. The summed E-state index contributed by atoms with van der Waals surface area (Å²) in [5.41, 5.74) is 0. The van der Waals surface area contributed by atoms with Gasteiger partial charge in [0.2, 0.25) is 5.91 Å². The second-order valence-corrected chi connectivity index (χ2v) is 3.09. The Kier molecular flexibility index (Phi) is 6.02. The third-order valence-corrected chi connectivity index (χ3v) is 1.82. The molecule has 0 aromatic carbocycles. The predicted molar refractivity (Wildman–Crippen MR) is 48.8 cm³/mol. The Balaban J connectivity index is 4.42. The molecule has 0 aromatic rings. The van der Waals surface area contributed by atoms with Crippen LogP contribution in [0.5, 0.6) is 0 Å². The van der Waals surface area contributed by atoms with Gasteiger partial charge in [0.25, 0.3) is 0 Å². The number of aldehydes is 1. The van der Waals surface area contributed by atoms with Crippen molar-refractivity contribution < 1.29 is 30.0 Å². The van der Waals surface area contributed by atoms with Crippen LogP contribution in [-0.4, -0.2) is 63.6 Å². The number of carbonyl (C=O) groups is 2. The largest absolute Gasteiger partial charge is 0.394 e. The lowest BCUT2D eigenvalue weighted by molar-refractivity contribution is -0.129. The monoisotopic (exact) mass is 221 g/mol. The summed E-state index contributed by atoms with van der Waals surface area (Å²) in [4.78, 5) is 21.1. The molecular weight excluding hydrogens is 206 g/mol. The van der Waals surface area contributed by atoms with Crippen LogP contribution in [0, 0.1) is 0 Å². The van der Waals surface area contributed by atoms with E-state index in [0.29, 0.717) is 0 Å². The molecule has 0 fully saturated rings. The highest BCUT2D eigenvalue weighted by molar-refractivity contribution is 5.77. The number of hydrogen-bond acceptors (Lipinski definition) is 6. The average Bonchev–Trinajstić information content (AvgIpc) is 2.22. The number of aliphatic hydroxyl groups excluding tert-OH is 4. The van der Waals surface area contributed by atoms with Gasteiger partial charge in [-0.25, -0.2) is 0 Å². The van der Waals surface area contributed by atoms with Gasteiger partial charge in [0.15, 0.2) is 0 Å². The molecule has 0 spiro atoms. The molecule has 1 amide bonds. The fourth-order valence-electron chi connectivity index (χ4n) is 0.983. The Hall–Kier alpha value is -1.02. The number of nitrogens with one attached hydrogen (secondary N) is 1. The number of hydrogen-bond donors (Lipinski definition) is 5. The molecule has 0 saturated heterocycles. The van der Waals surface area contributed by atoms with E-state index in [-0.39, 0.29) is 6.29 Å². The van der Waals surface area contributed by atoms with Crippen molar-refractivity contribution in [2.24, 2.45) is 0 Å². The van der Waals surface area contributed by atoms with Crippen molar-refractivity contribution in [3.8, 4) is 0 Å². The lowest BCUT2D eigenvalue weighted by Gasteiger charge is -2.25. The molecule has 0 bridgehead atoms. The number of amides is 1. The SMILES string of the molecule is CC(=O)N[C@H](C=O)[C@H](O)[C@@H](O)[C@@H](O)CO. The van der Waals surface area contributed by atoms with E-state index < -0.39 is 36.9 Å². The Morgan fingerprint density at radius 1 is 1.33 bits per heavy atom. The van der Waals surface area contributed by atoms with Crippen molar-refractivity contribution in [3.63, 3.8) is 0 Å². The van der Waals surface area contributed by atoms with E-state index in [4.69, 9.17) is 10.2 Å². The summed E-state index contributed by atoms with van der Waals surface area (Å²) in [7, 11) is 0. The molecule has 0 aliphatic heterocycles. The van der Waals surface area contributed by atoms with E-state index in [1.165, 1.54) is 0 Å². The van der Waals surface area contributed by atoms with E-state index in [0.717, 1.165) is 6.92 Å². The molecule has 88 valence electrons. The van der Waals surface area contributed by atoms with Crippen LogP contribution < -0.4 is 5.32 Å². The third-order valence-electron chi connectivity index (χ3n) is 1.82. The van der Waals surface area contributed by atoms with Gasteiger partial charge in [0, 0.05) is 6.92 Å². The molecule has 0 saturated carbocycles. The number of aliphatic hydroxyl groups is 4. The zero-order chi connectivity index (χ0) is 12.0. The zero-order valence-corrected chi connectivity index (χ0v) is 8.20. The van der Waals surface area contributed by atoms with Gasteiger partial charge in [-0.05, 0) is 0 Å². The molecular formula is C8H15NO6. The second kappa shape index (κ2) is 6.46. The third kappa shape index (κ3) is 4.34. The lowest BCUT2D eigenvalue weighted by Crippen LogP contribution is -2.53. The molecule has 0 aromatic heterocycles. The highest BCUT2D eigenvalue weighted by atomic mass is 16.4. The van der Waals surface area contributed by atoms with Crippen molar-refractivity contribution in [1.82, 2.24) is 5.32 Å². The normalized spacial score (nSPS) is 18.7. The molecule has 5 N–H and O–H groups in total. The fraction of sp³-hybridized carbons (Fsp3) is 0.750. The Morgan fingerprint density at radius 2 is 1.87 bits per heavy atom. The average molecular weight is 221 g/mol. The fourth-order valence-corrected chi connectivity index (χ4v) is 0.983. The van der Waals surface area contributed by atoms with Gasteiger partial charge in [-0.1, -0.05) is 0 Å². The van der Waals surface area contributed by atoms with Crippen molar-refractivity contribution in [2.75, 3.05) is 6.61 Å². The van der Waals surface area contributed by atoms with E-state index in [2.05, 4.69) is 5.32 Å². The van der Waals surface area contributed by atoms with Crippen molar-refractivity contribution in [2.45, 2.75) is 31.3 Å². The molecule has 4 atom stereocenters. The van der Waals surface area contributed by atoms with Gasteiger partial charge in [0.1, 0.15) is 30.6 Å². The second-order valence-electron chi connectivity index (χ2n) is 3.09. The molecule has 0 rings (SSSR count). The first-order valence-corrected chi connectivity index (χ1v) is 4.31. The van der Waals surface area contributed by atoms with Crippen molar-refractivity contribution in [1.29, 1.82) is 0 Å². The first-order valence-electron chi connectivity index (χ1n) is 4.31. The minimum atomic E-state index is -1.71. The summed E-state index contributed by atoms with van der Waals surface area (Å²) >= 11 is 0. The summed E-state index contributed by atoms with van der Waals surface area (Å²) in [6.45, 7) is 0.377. The maximum atomic E-state index is 10.6. The van der Waals surface area contributed by atoms with E-state index >= 15 is 0 Å². The Morgan fingerprint density at radius 3 is 2.20 bits per heavy atom. The van der Waals surface area contributed by atoms with Gasteiger partial charge in [-0.2, -0.15) is 0 Å². The van der Waals surface area contributed by atoms with Gasteiger partial charge in [-0.15, -0.1) is 0 Å². The first kappa shape index (κ1) is 14.0. The molecule has 7 nitrogen and oxygen atoms in total. The number of carbonyl (C=O) groups excluding carboxylic acids is 2. The van der Waals surface area contributed by atoms with Gasteiger partial charge in [-0.3, -0.25) is 4.79 Å². The van der Waals surface area contributed by atoms with E-state index in [9.17, 15) is 19.8 Å². The highest BCUT2D eigenvalue weighted by Crippen LogP contribution is 2.03. The standard InChI is InChI=1S/C8H15NO6/c1-4(12)9-5(2-10)7(14)8(15)6(13)3-11/h2,5-8,11,13-15H,3H2,1H3,(H,9,12)/t5-,6+,7+,8+/m1/s1.